The van der Waals surface area contributed by atoms with Crippen molar-refractivity contribution in [2.75, 3.05) is 26.0 Å². The van der Waals surface area contributed by atoms with Crippen molar-refractivity contribution < 1.29 is 9.53 Å². The molecule has 5 nitrogen and oxygen atoms in total. The number of nitrogens with two attached hydrogens (primary N) is 1. The molecule has 2 rings (SSSR count). The summed E-state index contributed by atoms with van der Waals surface area (Å²) in [5.74, 6) is -0.138. The van der Waals surface area contributed by atoms with Crippen molar-refractivity contribution in [1.82, 2.24) is 10.3 Å². The Morgan fingerprint density at radius 3 is 2.95 bits per heavy atom. The van der Waals surface area contributed by atoms with Gasteiger partial charge in [0.2, 0.25) is 0 Å². The van der Waals surface area contributed by atoms with Crippen molar-refractivity contribution in [2.24, 2.45) is 5.41 Å². The molecular formula is C15H21N3O2S. The van der Waals surface area contributed by atoms with E-state index in [1.807, 2.05) is 12.1 Å². The molecule has 0 saturated heterocycles. The number of nitrogen functional groups attached to an aromatic ring is 1. The monoisotopic (exact) mass is 307 g/mol. The number of hydrogen-bond acceptors (Lipinski definition) is 5. The zero-order valence-corrected chi connectivity index (χ0v) is 13.4. The summed E-state index contributed by atoms with van der Waals surface area (Å²) in [6, 6.07) is 3.70. The summed E-state index contributed by atoms with van der Waals surface area (Å²) in [6.45, 7) is 5.46. The highest BCUT2D eigenvalue weighted by Gasteiger charge is 2.21. The average molecular weight is 307 g/mol. The largest absolute Gasteiger partial charge is 0.397 e. The van der Waals surface area contributed by atoms with Gasteiger partial charge in [-0.3, -0.25) is 4.79 Å². The summed E-state index contributed by atoms with van der Waals surface area (Å²) in [5, 5.41) is 3.80. The van der Waals surface area contributed by atoms with Gasteiger partial charge in [-0.05, 0) is 24.0 Å². The van der Waals surface area contributed by atoms with Gasteiger partial charge in [-0.2, -0.15) is 0 Å². The molecule has 21 heavy (non-hydrogen) atoms. The lowest BCUT2D eigenvalue weighted by atomic mass is 9.90. The topological polar surface area (TPSA) is 77.2 Å². The summed E-state index contributed by atoms with van der Waals surface area (Å²) in [7, 11) is 1.68. The third-order valence-electron chi connectivity index (χ3n) is 3.42. The van der Waals surface area contributed by atoms with E-state index in [-0.39, 0.29) is 11.3 Å². The Morgan fingerprint density at radius 2 is 2.29 bits per heavy atom. The van der Waals surface area contributed by atoms with Gasteiger partial charge in [0.05, 0.1) is 5.69 Å². The maximum atomic E-state index is 12.3. The number of hydrogen-bond donors (Lipinski definition) is 2. The van der Waals surface area contributed by atoms with Gasteiger partial charge in [-0.15, -0.1) is 11.3 Å². The average Bonchev–Trinajstić information content (AvgIpc) is 2.81. The molecule has 6 heteroatoms. The number of thiophene rings is 1. The molecule has 2 aromatic rings. The normalized spacial score (nSPS) is 11.8. The first-order chi connectivity index (χ1) is 9.94. The van der Waals surface area contributed by atoms with E-state index in [0.29, 0.717) is 23.7 Å². The van der Waals surface area contributed by atoms with Crippen molar-refractivity contribution in [3.05, 3.63) is 23.2 Å². The highest BCUT2D eigenvalue weighted by Crippen LogP contribution is 2.32. The second kappa shape index (κ2) is 6.41. The number of anilines is 1. The highest BCUT2D eigenvalue weighted by atomic mass is 32.1. The predicted octanol–water partition coefficient (Wildman–Crippen LogP) is 2.67. The minimum absolute atomic E-state index is 0.0185. The second-order valence-electron chi connectivity index (χ2n) is 5.79. The first-order valence-corrected chi connectivity index (χ1v) is 7.66. The minimum atomic E-state index is -0.138. The Kier molecular flexibility index (Phi) is 4.80. The molecule has 0 bridgehead atoms. The van der Waals surface area contributed by atoms with Gasteiger partial charge >= 0.3 is 0 Å². The number of pyridine rings is 1. The van der Waals surface area contributed by atoms with Crippen LogP contribution in [0.3, 0.4) is 0 Å². The van der Waals surface area contributed by atoms with Crippen LogP contribution in [-0.4, -0.2) is 31.2 Å². The minimum Gasteiger partial charge on any atom is -0.397 e. The quantitative estimate of drug-likeness (QED) is 0.860. The number of nitrogens with one attached hydrogen (secondary N) is 1. The number of carbonyl (C=O) groups is 1. The second-order valence-corrected chi connectivity index (χ2v) is 6.79. The van der Waals surface area contributed by atoms with Crippen LogP contribution in [0.4, 0.5) is 5.69 Å². The molecule has 0 unspecified atom stereocenters. The van der Waals surface area contributed by atoms with Gasteiger partial charge in [0.15, 0.2) is 0 Å². The Morgan fingerprint density at radius 1 is 1.52 bits per heavy atom. The molecule has 3 N–H and O–H groups in total. The lowest BCUT2D eigenvalue weighted by Gasteiger charge is -2.24. The number of nitrogens with zero attached hydrogens (tertiary/aromatic N) is 1. The molecule has 0 aliphatic carbocycles. The molecule has 0 aliphatic heterocycles. The molecule has 0 atom stereocenters. The van der Waals surface area contributed by atoms with E-state index in [2.05, 4.69) is 24.1 Å². The van der Waals surface area contributed by atoms with E-state index in [1.165, 1.54) is 11.3 Å². The Labute approximate surface area is 128 Å². The molecule has 0 aliphatic rings. The summed E-state index contributed by atoms with van der Waals surface area (Å²) >= 11 is 1.33. The highest BCUT2D eigenvalue weighted by molar-refractivity contribution is 7.21. The Hall–Kier alpha value is -1.66. The summed E-state index contributed by atoms with van der Waals surface area (Å²) in [4.78, 5) is 17.9. The first-order valence-electron chi connectivity index (χ1n) is 6.85. The van der Waals surface area contributed by atoms with E-state index < -0.39 is 0 Å². The van der Waals surface area contributed by atoms with Crippen LogP contribution in [0.1, 0.15) is 29.9 Å². The Bertz CT molecular complexity index is 637. The predicted molar refractivity (Wildman–Crippen MR) is 86.6 cm³/mol. The summed E-state index contributed by atoms with van der Waals surface area (Å²) < 4.78 is 5.09. The standard InChI is InChI=1S/C15H21N3O2S/c1-15(2,6-8-20-3)9-18-13(19)12-11(16)10-5-4-7-17-14(10)21-12/h4-5,7H,6,8-9,16H2,1-3H3,(H,18,19). The van der Waals surface area contributed by atoms with Crippen LogP contribution in [0.5, 0.6) is 0 Å². The number of rotatable bonds is 6. The van der Waals surface area contributed by atoms with E-state index in [1.54, 1.807) is 13.3 Å². The molecule has 1 amide bonds. The molecule has 2 heterocycles. The maximum Gasteiger partial charge on any atom is 0.263 e. The van der Waals surface area contributed by atoms with Gasteiger partial charge in [0, 0.05) is 31.8 Å². The van der Waals surface area contributed by atoms with Crippen LogP contribution in [0, 0.1) is 5.41 Å². The van der Waals surface area contributed by atoms with E-state index in [0.717, 1.165) is 16.6 Å². The third kappa shape index (κ3) is 3.71. The van der Waals surface area contributed by atoms with Crippen molar-refractivity contribution in [3.8, 4) is 0 Å². The molecule has 0 aromatic carbocycles. The lowest BCUT2D eigenvalue weighted by Crippen LogP contribution is -2.34. The number of amides is 1. The fourth-order valence-corrected chi connectivity index (χ4v) is 2.97. The number of aromatic nitrogens is 1. The van der Waals surface area contributed by atoms with E-state index in [4.69, 9.17) is 10.5 Å². The van der Waals surface area contributed by atoms with Crippen LogP contribution in [0.15, 0.2) is 18.3 Å². The van der Waals surface area contributed by atoms with Crippen LogP contribution >= 0.6 is 11.3 Å². The van der Waals surface area contributed by atoms with E-state index >= 15 is 0 Å². The van der Waals surface area contributed by atoms with Crippen molar-refractivity contribution in [3.63, 3.8) is 0 Å². The van der Waals surface area contributed by atoms with Gasteiger partial charge in [0.25, 0.3) is 5.91 Å². The summed E-state index contributed by atoms with van der Waals surface area (Å²) in [6.07, 6.45) is 2.58. The van der Waals surface area contributed by atoms with Crippen molar-refractivity contribution in [1.29, 1.82) is 0 Å². The summed E-state index contributed by atoms with van der Waals surface area (Å²) in [5.41, 5.74) is 6.54. The van der Waals surface area contributed by atoms with E-state index in [9.17, 15) is 4.79 Å². The van der Waals surface area contributed by atoms with Crippen molar-refractivity contribution >= 4 is 33.1 Å². The fourth-order valence-electron chi connectivity index (χ4n) is 1.99. The van der Waals surface area contributed by atoms with Crippen LogP contribution in [0.25, 0.3) is 10.2 Å². The molecule has 0 saturated carbocycles. The molecule has 0 fully saturated rings. The van der Waals surface area contributed by atoms with Crippen molar-refractivity contribution in [2.45, 2.75) is 20.3 Å². The zero-order chi connectivity index (χ0) is 15.5. The van der Waals surface area contributed by atoms with Crippen LogP contribution in [-0.2, 0) is 4.74 Å². The zero-order valence-electron chi connectivity index (χ0n) is 12.6. The van der Waals surface area contributed by atoms with Gasteiger partial charge in [0.1, 0.15) is 9.71 Å². The maximum absolute atomic E-state index is 12.3. The van der Waals surface area contributed by atoms with Gasteiger partial charge < -0.3 is 15.8 Å². The lowest BCUT2D eigenvalue weighted by molar-refractivity contribution is 0.0926. The number of ether oxygens (including phenoxy) is 1. The molecular weight excluding hydrogens is 286 g/mol. The third-order valence-corrected chi connectivity index (χ3v) is 4.55. The van der Waals surface area contributed by atoms with Gasteiger partial charge in [-0.25, -0.2) is 4.98 Å². The fraction of sp³-hybridized carbons (Fsp3) is 0.467. The molecule has 0 spiro atoms. The molecule has 0 radical (unpaired) electrons. The van der Waals surface area contributed by atoms with Crippen LogP contribution < -0.4 is 11.1 Å². The van der Waals surface area contributed by atoms with Crippen LogP contribution in [0.2, 0.25) is 0 Å². The SMILES string of the molecule is COCCC(C)(C)CNC(=O)c1sc2ncccc2c1N. The number of carbonyl (C=O) groups excluding carboxylic acids is 1. The first kappa shape index (κ1) is 15.7. The van der Waals surface area contributed by atoms with Gasteiger partial charge in [-0.1, -0.05) is 13.8 Å². The number of methoxy groups -OCH3 is 1. The molecule has 2 aromatic heterocycles. The molecule has 114 valence electrons. The smallest absolute Gasteiger partial charge is 0.263 e. The Balaban J connectivity index is 2.07. The number of fused-ring (bicyclic) bond motifs is 1.